The number of nitrogens with one attached hydrogen (secondary N) is 1. The first-order valence-corrected chi connectivity index (χ1v) is 11.1. The van der Waals surface area contributed by atoms with Crippen LogP contribution in [0.1, 0.15) is 47.5 Å². The highest BCUT2D eigenvalue weighted by Crippen LogP contribution is 2.35. The number of nitrogens with zero attached hydrogens (tertiary/aromatic N) is 1. The van der Waals surface area contributed by atoms with E-state index in [1.807, 2.05) is 50.2 Å². The molecule has 0 fully saturated rings. The number of fused-ring (bicyclic) bond motifs is 1. The smallest absolute Gasteiger partial charge is 0.283 e. The highest BCUT2D eigenvalue weighted by molar-refractivity contribution is 7.21. The van der Waals surface area contributed by atoms with Crippen LogP contribution in [0.4, 0.5) is 0 Å². The Morgan fingerprint density at radius 3 is 2.77 bits per heavy atom. The molecular weight excluding hydrogens is 420 g/mol. The number of thiophene rings is 1. The van der Waals surface area contributed by atoms with Crippen molar-refractivity contribution in [3.8, 4) is 11.5 Å². The maximum absolute atomic E-state index is 12.5. The first kappa shape index (κ1) is 22.1. The van der Waals surface area contributed by atoms with Crippen LogP contribution in [-0.4, -0.2) is 25.3 Å². The fraction of sp³-hybridized carbons (Fsp3) is 0.304. The van der Waals surface area contributed by atoms with Crippen LogP contribution in [0, 0.1) is 6.92 Å². The molecule has 0 aliphatic rings. The minimum Gasteiger partial charge on any atom is -0.490 e. The van der Waals surface area contributed by atoms with Gasteiger partial charge in [-0.1, -0.05) is 37.1 Å². The van der Waals surface area contributed by atoms with Gasteiger partial charge >= 0.3 is 0 Å². The van der Waals surface area contributed by atoms with E-state index in [1.165, 1.54) is 11.3 Å². The van der Waals surface area contributed by atoms with E-state index in [-0.39, 0.29) is 5.91 Å². The second-order valence-corrected chi connectivity index (χ2v) is 8.22. The summed E-state index contributed by atoms with van der Waals surface area (Å²) in [6.45, 7) is 7.23. The number of rotatable bonds is 9. The van der Waals surface area contributed by atoms with Crippen LogP contribution in [0.3, 0.4) is 0 Å². The second kappa shape index (κ2) is 10.5. The molecule has 0 bridgehead atoms. The van der Waals surface area contributed by atoms with Gasteiger partial charge in [0.1, 0.15) is 4.88 Å². The van der Waals surface area contributed by atoms with Crippen molar-refractivity contribution >= 4 is 45.1 Å². The molecule has 158 valence electrons. The summed E-state index contributed by atoms with van der Waals surface area (Å²) >= 11 is 7.75. The summed E-state index contributed by atoms with van der Waals surface area (Å²) in [6, 6.07) is 11.5. The Morgan fingerprint density at radius 2 is 2.00 bits per heavy atom. The molecule has 30 heavy (non-hydrogen) atoms. The Balaban J connectivity index is 1.70. The van der Waals surface area contributed by atoms with Gasteiger partial charge in [-0.3, -0.25) is 4.79 Å². The van der Waals surface area contributed by atoms with Gasteiger partial charge in [-0.25, -0.2) is 5.43 Å². The fourth-order valence-corrected chi connectivity index (χ4v) is 4.36. The molecule has 1 amide bonds. The average molecular weight is 445 g/mol. The molecule has 0 unspecified atom stereocenters. The van der Waals surface area contributed by atoms with E-state index in [9.17, 15) is 4.79 Å². The SMILES string of the molecule is CCCCOc1ccc(/C=N/NC(=O)c2sc3cc(C)ccc3c2Cl)cc1OCC. The minimum absolute atomic E-state index is 0.334. The highest BCUT2D eigenvalue weighted by Gasteiger charge is 2.16. The molecule has 0 saturated carbocycles. The Bertz CT molecular complexity index is 1060. The van der Waals surface area contributed by atoms with Crippen LogP contribution in [0.5, 0.6) is 11.5 Å². The van der Waals surface area contributed by atoms with Gasteiger partial charge in [-0.2, -0.15) is 5.10 Å². The van der Waals surface area contributed by atoms with Gasteiger partial charge in [0.05, 0.1) is 24.5 Å². The number of carbonyl (C=O) groups excluding carboxylic acids is 1. The lowest BCUT2D eigenvalue weighted by Crippen LogP contribution is -2.16. The number of aryl methyl sites for hydroxylation is 1. The number of halogens is 1. The van der Waals surface area contributed by atoms with Crippen molar-refractivity contribution in [2.45, 2.75) is 33.6 Å². The van der Waals surface area contributed by atoms with Crippen molar-refractivity contribution in [1.29, 1.82) is 0 Å². The summed E-state index contributed by atoms with van der Waals surface area (Å²) in [7, 11) is 0. The number of hydrazone groups is 1. The first-order chi connectivity index (χ1) is 14.5. The van der Waals surface area contributed by atoms with Crippen LogP contribution in [0.15, 0.2) is 41.5 Å². The van der Waals surface area contributed by atoms with Crippen molar-refractivity contribution in [3.05, 3.63) is 57.4 Å². The molecular formula is C23H25ClN2O3S. The summed E-state index contributed by atoms with van der Waals surface area (Å²) in [5.74, 6) is 1.03. The Hall–Kier alpha value is -2.57. The van der Waals surface area contributed by atoms with E-state index in [1.54, 1.807) is 6.21 Å². The zero-order valence-electron chi connectivity index (χ0n) is 17.3. The number of benzene rings is 2. The monoisotopic (exact) mass is 444 g/mol. The average Bonchev–Trinajstić information content (AvgIpc) is 3.05. The normalized spacial score (nSPS) is 11.2. The van der Waals surface area contributed by atoms with Crippen LogP contribution in [-0.2, 0) is 0 Å². The van der Waals surface area contributed by atoms with Crippen molar-refractivity contribution in [1.82, 2.24) is 5.43 Å². The van der Waals surface area contributed by atoms with E-state index in [0.717, 1.165) is 34.1 Å². The predicted octanol–water partition coefficient (Wildman–Crippen LogP) is 6.20. The quantitative estimate of drug-likeness (QED) is 0.242. The molecule has 0 atom stereocenters. The third-order valence-corrected chi connectivity index (χ3v) is 6.05. The highest BCUT2D eigenvalue weighted by atomic mass is 35.5. The fourth-order valence-electron chi connectivity index (χ4n) is 2.85. The summed E-state index contributed by atoms with van der Waals surface area (Å²) in [4.78, 5) is 13.0. The molecule has 0 aliphatic carbocycles. The molecule has 1 heterocycles. The maximum atomic E-state index is 12.5. The van der Waals surface area contributed by atoms with Crippen molar-refractivity contribution < 1.29 is 14.3 Å². The molecule has 3 aromatic rings. The van der Waals surface area contributed by atoms with Crippen LogP contribution in [0.25, 0.3) is 10.1 Å². The van der Waals surface area contributed by atoms with Gasteiger partial charge < -0.3 is 9.47 Å². The number of unbranched alkanes of at least 4 members (excludes halogenated alkanes) is 1. The van der Waals surface area contributed by atoms with Crippen molar-refractivity contribution in [2.75, 3.05) is 13.2 Å². The molecule has 0 aliphatic heterocycles. The van der Waals surface area contributed by atoms with Crippen LogP contribution >= 0.6 is 22.9 Å². The van der Waals surface area contributed by atoms with Gasteiger partial charge in [-0.05, 0) is 55.7 Å². The van der Waals surface area contributed by atoms with E-state index >= 15 is 0 Å². The number of hydrogen-bond acceptors (Lipinski definition) is 5. The lowest BCUT2D eigenvalue weighted by molar-refractivity contribution is 0.0959. The topological polar surface area (TPSA) is 59.9 Å². The van der Waals surface area contributed by atoms with Gasteiger partial charge in [0.25, 0.3) is 5.91 Å². The summed E-state index contributed by atoms with van der Waals surface area (Å²) in [6.07, 6.45) is 3.63. The molecule has 0 saturated heterocycles. The lowest BCUT2D eigenvalue weighted by atomic mass is 10.2. The molecule has 5 nitrogen and oxygen atoms in total. The van der Waals surface area contributed by atoms with Crippen molar-refractivity contribution in [2.24, 2.45) is 5.10 Å². The summed E-state index contributed by atoms with van der Waals surface area (Å²) in [5.41, 5.74) is 4.47. The van der Waals surface area contributed by atoms with Gasteiger partial charge in [-0.15, -0.1) is 11.3 Å². The third-order valence-electron chi connectivity index (χ3n) is 4.39. The number of amides is 1. The predicted molar refractivity (Wildman–Crippen MR) is 125 cm³/mol. The van der Waals surface area contributed by atoms with Crippen LogP contribution in [0.2, 0.25) is 5.02 Å². The molecule has 1 aromatic heterocycles. The van der Waals surface area contributed by atoms with Crippen molar-refractivity contribution in [3.63, 3.8) is 0 Å². The maximum Gasteiger partial charge on any atom is 0.283 e. The van der Waals surface area contributed by atoms with E-state index in [2.05, 4.69) is 17.5 Å². The summed E-state index contributed by atoms with van der Waals surface area (Å²) < 4.78 is 12.4. The standard InChI is InChI=1S/C23H25ClN2O3S/c1-4-6-11-29-18-10-8-16(13-19(18)28-5-2)14-25-26-23(27)22-21(24)17-9-7-15(3)12-20(17)30-22/h7-10,12-14H,4-6,11H2,1-3H3,(H,26,27)/b25-14+. The van der Waals surface area contributed by atoms with E-state index in [4.69, 9.17) is 21.1 Å². The number of carbonyl (C=O) groups is 1. The third kappa shape index (κ3) is 5.32. The van der Waals surface area contributed by atoms with E-state index < -0.39 is 0 Å². The largest absolute Gasteiger partial charge is 0.490 e. The summed E-state index contributed by atoms with van der Waals surface area (Å²) in [5, 5.41) is 5.41. The lowest BCUT2D eigenvalue weighted by Gasteiger charge is -2.12. The number of ether oxygens (including phenoxy) is 2. The van der Waals surface area contributed by atoms with Gasteiger partial charge in [0, 0.05) is 10.1 Å². The zero-order valence-corrected chi connectivity index (χ0v) is 18.9. The second-order valence-electron chi connectivity index (χ2n) is 6.79. The molecule has 1 N–H and O–H groups in total. The molecule has 2 aromatic carbocycles. The Labute approximate surface area is 185 Å². The molecule has 0 radical (unpaired) electrons. The Morgan fingerprint density at radius 1 is 1.17 bits per heavy atom. The molecule has 7 heteroatoms. The number of hydrogen-bond donors (Lipinski definition) is 1. The van der Waals surface area contributed by atoms with Gasteiger partial charge in [0.15, 0.2) is 11.5 Å². The molecule has 3 rings (SSSR count). The van der Waals surface area contributed by atoms with E-state index in [0.29, 0.717) is 34.6 Å². The Kier molecular flexibility index (Phi) is 7.71. The first-order valence-electron chi connectivity index (χ1n) is 9.95. The van der Waals surface area contributed by atoms with Gasteiger partial charge in [0.2, 0.25) is 0 Å². The zero-order chi connectivity index (χ0) is 21.5. The van der Waals surface area contributed by atoms with Crippen LogP contribution < -0.4 is 14.9 Å². The minimum atomic E-state index is -0.334. The molecule has 0 spiro atoms.